The smallest absolute Gasteiger partial charge is 0.229 e. The lowest BCUT2D eigenvalue weighted by molar-refractivity contribution is -0.114. The number of nitrogens with zero attached hydrogens (tertiary/aromatic N) is 2. The number of hydrogen-bond donors (Lipinski definition) is 4. The summed E-state index contributed by atoms with van der Waals surface area (Å²) < 4.78 is 5.61. The third kappa shape index (κ3) is 6.08. The second-order valence-electron chi connectivity index (χ2n) is 8.26. The van der Waals surface area contributed by atoms with Gasteiger partial charge < -0.3 is 26.0 Å². The van der Waals surface area contributed by atoms with E-state index in [2.05, 4.69) is 31.2 Å². The molecule has 1 saturated carbocycles. The van der Waals surface area contributed by atoms with Gasteiger partial charge in [0.15, 0.2) is 5.82 Å². The number of anilines is 6. The molecule has 34 heavy (non-hydrogen) atoms. The lowest BCUT2D eigenvalue weighted by atomic mass is 9.95. The molecular formula is C25H29ClN6O2. The van der Waals surface area contributed by atoms with E-state index in [1.54, 1.807) is 13.2 Å². The van der Waals surface area contributed by atoms with E-state index >= 15 is 0 Å². The quantitative estimate of drug-likeness (QED) is 0.299. The highest BCUT2D eigenvalue weighted by molar-refractivity contribution is 6.33. The van der Waals surface area contributed by atoms with Crippen LogP contribution in [0.3, 0.4) is 0 Å². The van der Waals surface area contributed by atoms with Crippen LogP contribution < -0.4 is 26.0 Å². The number of aromatic nitrogens is 2. The number of methoxy groups -OCH3 is 1. The first kappa shape index (κ1) is 23.6. The largest absolute Gasteiger partial charge is 0.494 e. The Bertz CT molecular complexity index is 1150. The molecule has 178 valence electrons. The van der Waals surface area contributed by atoms with Crippen LogP contribution in [0.4, 0.5) is 34.5 Å². The van der Waals surface area contributed by atoms with E-state index < -0.39 is 0 Å². The van der Waals surface area contributed by atoms with Crippen LogP contribution in [0.25, 0.3) is 0 Å². The monoisotopic (exact) mass is 480 g/mol. The highest BCUT2D eigenvalue weighted by Gasteiger charge is 2.15. The zero-order valence-electron chi connectivity index (χ0n) is 19.3. The predicted octanol–water partition coefficient (Wildman–Crippen LogP) is 6.33. The molecule has 1 aromatic heterocycles. The molecule has 9 heteroatoms. The van der Waals surface area contributed by atoms with Crippen molar-refractivity contribution in [3.05, 3.63) is 53.7 Å². The number of halogens is 1. The molecule has 1 fully saturated rings. The van der Waals surface area contributed by atoms with Crippen LogP contribution in [0, 0.1) is 0 Å². The van der Waals surface area contributed by atoms with E-state index in [9.17, 15) is 4.79 Å². The van der Waals surface area contributed by atoms with Crippen molar-refractivity contribution < 1.29 is 9.53 Å². The van der Waals surface area contributed by atoms with E-state index in [4.69, 9.17) is 16.3 Å². The molecule has 1 amide bonds. The van der Waals surface area contributed by atoms with Crippen LogP contribution in [0.15, 0.2) is 48.7 Å². The molecule has 0 unspecified atom stereocenters. The van der Waals surface area contributed by atoms with Gasteiger partial charge in [-0.05, 0) is 37.1 Å². The van der Waals surface area contributed by atoms with Gasteiger partial charge in [-0.25, -0.2) is 4.98 Å². The number of carbonyl (C=O) groups is 1. The van der Waals surface area contributed by atoms with Crippen molar-refractivity contribution in [3.63, 3.8) is 0 Å². The van der Waals surface area contributed by atoms with Crippen molar-refractivity contribution in [3.8, 4) is 5.75 Å². The van der Waals surface area contributed by atoms with Crippen LogP contribution in [0.5, 0.6) is 5.75 Å². The molecule has 0 saturated heterocycles. The topological polar surface area (TPSA) is 100 Å². The number of rotatable bonds is 8. The van der Waals surface area contributed by atoms with Gasteiger partial charge in [0.2, 0.25) is 11.9 Å². The summed E-state index contributed by atoms with van der Waals surface area (Å²) in [6, 6.07) is 13.8. The number of benzene rings is 2. The van der Waals surface area contributed by atoms with Crippen molar-refractivity contribution in [2.24, 2.45) is 0 Å². The lowest BCUT2D eigenvalue weighted by Crippen LogP contribution is -2.22. The third-order valence-electron chi connectivity index (χ3n) is 5.66. The SMILES string of the molecule is COc1cc(NC2CCCCC2)ccc1Nc1ncc(Cl)c(Nc2ccccc2NC(C)=O)n1. The Kier molecular flexibility index (Phi) is 7.69. The molecule has 2 aromatic carbocycles. The Hall–Kier alpha value is -3.52. The maximum Gasteiger partial charge on any atom is 0.229 e. The second-order valence-corrected chi connectivity index (χ2v) is 8.67. The lowest BCUT2D eigenvalue weighted by Gasteiger charge is -2.24. The van der Waals surface area contributed by atoms with Crippen molar-refractivity contribution in [2.75, 3.05) is 28.4 Å². The van der Waals surface area contributed by atoms with E-state index in [0.717, 1.165) is 11.4 Å². The van der Waals surface area contributed by atoms with Crippen LogP contribution in [-0.2, 0) is 4.79 Å². The van der Waals surface area contributed by atoms with Gasteiger partial charge in [-0.1, -0.05) is 43.0 Å². The van der Waals surface area contributed by atoms with Crippen LogP contribution >= 0.6 is 11.6 Å². The summed E-state index contributed by atoms with van der Waals surface area (Å²) in [5.74, 6) is 1.28. The summed E-state index contributed by atoms with van der Waals surface area (Å²) in [4.78, 5) is 20.3. The van der Waals surface area contributed by atoms with Gasteiger partial charge in [-0.3, -0.25) is 4.79 Å². The van der Waals surface area contributed by atoms with Crippen molar-refractivity contribution in [1.29, 1.82) is 0 Å². The summed E-state index contributed by atoms with van der Waals surface area (Å²) in [6.45, 7) is 1.46. The molecule has 1 heterocycles. The minimum absolute atomic E-state index is 0.168. The van der Waals surface area contributed by atoms with Gasteiger partial charge in [0.1, 0.15) is 10.8 Å². The standard InChI is InChI=1S/C25H29ClN6O2/c1-16(33)28-20-10-6-7-11-21(20)30-24-19(26)15-27-25(32-24)31-22-13-12-18(14-23(22)34-2)29-17-8-4-3-5-9-17/h6-7,10-15,17,29H,3-5,8-9H2,1-2H3,(H,28,33)(H2,27,30,31,32). The van der Waals surface area contributed by atoms with Crippen LogP contribution in [-0.4, -0.2) is 29.0 Å². The van der Waals surface area contributed by atoms with Crippen LogP contribution in [0.1, 0.15) is 39.0 Å². The fourth-order valence-electron chi connectivity index (χ4n) is 4.02. The van der Waals surface area contributed by atoms with Gasteiger partial charge in [0.25, 0.3) is 0 Å². The van der Waals surface area contributed by atoms with Gasteiger partial charge in [0, 0.05) is 24.7 Å². The maximum absolute atomic E-state index is 11.5. The number of nitrogens with one attached hydrogen (secondary N) is 4. The van der Waals surface area contributed by atoms with Gasteiger partial charge in [0.05, 0.1) is 30.4 Å². The average molecular weight is 481 g/mol. The first-order chi connectivity index (χ1) is 16.5. The first-order valence-corrected chi connectivity index (χ1v) is 11.8. The molecule has 0 spiro atoms. The molecule has 1 aliphatic rings. The molecule has 4 rings (SSSR count). The van der Waals surface area contributed by atoms with E-state index in [-0.39, 0.29) is 5.91 Å². The highest BCUT2D eigenvalue weighted by atomic mass is 35.5. The van der Waals surface area contributed by atoms with Crippen LogP contribution in [0.2, 0.25) is 5.02 Å². The number of hydrogen-bond acceptors (Lipinski definition) is 7. The predicted molar refractivity (Wildman–Crippen MR) is 138 cm³/mol. The second kappa shape index (κ2) is 11.1. The fraction of sp³-hybridized carbons (Fsp3) is 0.320. The summed E-state index contributed by atoms with van der Waals surface area (Å²) in [5, 5.41) is 13.1. The normalized spacial score (nSPS) is 13.7. The van der Waals surface area contributed by atoms with E-state index in [1.807, 2.05) is 36.4 Å². The first-order valence-electron chi connectivity index (χ1n) is 11.4. The Morgan fingerprint density at radius 1 is 1.03 bits per heavy atom. The number of carbonyl (C=O) groups excluding carboxylic acids is 1. The van der Waals surface area contributed by atoms with E-state index in [1.165, 1.54) is 45.2 Å². The third-order valence-corrected chi connectivity index (χ3v) is 5.94. The molecule has 0 atom stereocenters. The average Bonchev–Trinajstić information content (AvgIpc) is 2.83. The molecule has 1 aliphatic carbocycles. The van der Waals surface area contributed by atoms with Crippen molar-refractivity contribution in [2.45, 2.75) is 45.1 Å². The molecule has 0 bridgehead atoms. The molecule has 8 nitrogen and oxygen atoms in total. The minimum Gasteiger partial charge on any atom is -0.494 e. The number of para-hydroxylation sites is 2. The summed E-state index contributed by atoms with van der Waals surface area (Å²) in [6.07, 6.45) is 7.78. The molecule has 3 aromatic rings. The van der Waals surface area contributed by atoms with E-state index in [0.29, 0.717) is 40.0 Å². The fourth-order valence-corrected chi connectivity index (χ4v) is 4.16. The minimum atomic E-state index is -0.168. The number of amides is 1. The van der Waals surface area contributed by atoms with Gasteiger partial charge >= 0.3 is 0 Å². The maximum atomic E-state index is 11.5. The molecule has 0 aliphatic heterocycles. The Balaban J connectivity index is 1.51. The summed E-state index contributed by atoms with van der Waals surface area (Å²) in [5.41, 5.74) is 3.06. The van der Waals surface area contributed by atoms with Gasteiger partial charge in [-0.2, -0.15) is 4.98 Å². The highest BCUT2D eigenvalue weighted by Crippen LogP contribution is 2.33. The van der Waals surface area contributed by atoms with Crippen molar-refractivity contribution >= 4 is 52.0 Å². The Morgan fingerprint density at radius 2 is 1.79 bits per heavy atom. The Morgan fingerprint density at radius 3 is 2.53 bits per heavy atom. The summed E-state index contributed by atoms with van der Waals surface area (Å²) in [7, 11) is 1.64. The molecular weight excluding hydrogens is 452 g/mol. The Labute approximate surface area is 204 Å². The van der Waals surface area contributed by atoms with Gasteiger partial charge in [-0.15, -0.1) is 0 Å². The number of ether oxygens (including phenoxy) is 1. The zero-order valence-corrected chi connectivity index (χ0v) is 20.1. The molecule has 0 radical (unpaired) electrons. The zero-order chi connectivity index (χ0) is 23.9. The molecule has 4 N–H and O–H groups in total. The van der Waals surface area contributed by atoms with Crippen molar-refractivity contribution in [1.82, 2.24) is 9.97 Å². The summed E-state index contributed by atoms with van der Waals surface area (Å²) >= 11 is 6.34.